The van der Waals surface area contributed by atoms with Crippen molar-refractivity contribution >= 4 is 0 Å². The van der Waals surface area contributed by atoms with Gasteiger partial charge in [0.2, 0.25) is 0 Å². The molecule has 0 radical (unpaired) electrons. The van der Waals surface area contributed by atoms with Crippen LogP contribution in [0.1, 0.15) is 64.2 Å². The topological polar surface area (TPSA) is 47.6 Å². The Labute approximate surface area is 105 Å². The average Bonchev–Trinajstić information content (AvgIpc) is 2.78. The average molecular weight is 230 g/mol. The van der Waals surface area contributed by atoms with E-state index in [1.807, 2.05) is 0 Å². The largest absolute Gasteiger partial charge is 0.197 e. The van der Waals surface area contributed by atoms with Crippen LogP contribution in [-0.2, 0) is 0 Å². The summed E-state index contributed by atoms with van der Waals surface area (Å²) in [5, 5.41) is 18.6. The molecule has 2 fully saturated rings. The van der Waals surface area contributed by atoms with Gasteiger partial charge in [0, 0.05) is 5.41 Å². The summed E-state index contributed by atoms with van der Waals surface area (Å²) in [4.78, 5) is 0. The fourth-order valence-electron chi connectivity index (χ4n) is 4.11. The second-order valence-corrected chi connectivity index (χ2v) is 5.82. The molecule has 0 amide bonds. The van der Waals surface area contributed by atoms with E-state index in [1.54, 1.807) is 0 Å². The molecule has 0 atom stereocenters. The molecule has 0 aromatic rings. The zero-order valence-corrected chi connectivity index (χ0v) is 10.6. The lowest BCUT2D eigenvalue weighted by molar-refractivity contribution is 0.105. The number of hydrogen-bond donors (Lipinski definition) is 0. The summed E-state index contributed by atoms with van der Waals surface area (Å²) in [6.45, 7) is 0. The van der Waals surface area contributed by atoms with Crippen LogP contribution in [0, 0.1) is 39.9 Å². The Bertz CT molecular complexity index is 306. The molecule has 0 aliphatic heterocycles. The summed E-state index contributed by atoms with van der Waals surface area (Å²) < 4.78 is 0. The van der Waals surface area contributed by atoms with Crippen molar-refractivity contribution in [1.82, 2.24) is 0 Å². The molecule has 0 spiro atoms. The third kappa shape index (κ3) is 2.32. The maximum atomic E-state index is 9.32. The minimum absolute atomic E-state index is 0.0382. The molecule has 2 nitrogen and oxygen atoms in total. The van der Waals surface area contributed by atoms with E-state index in [-0.39, 0.29) is 11.3 Å². The Balaban J connectivity index is 2.26. The highest BCUT2D eigenvalue weighted by Gasteiger charge is 2.46. The van der Waals surface area contributed by atoms with E-state index in [0.29, 0.717) is 5.92 Å². The monoisotopic (exact) mass is 230 g/mol. The molecule has 17 heavy (non-hydrogen) atoms. The van der Waals surface area contributed by atoms with Crippen molar-refractivity contribution in [2.24, 2.45) is 17.3 Å². The van der Waals surface area contributed by atoms with Gasteiger partial charge >= 0.3 is 0 Å². The summed E-state index contributed by atoms with van der Waals surface area (Å²) in [5.41, 5.74) is 0.0382. The van der Waals surface area contributed by atoms with Crippen LogP contribution in [0.3, 0.4) is 0 Å². The first-order chi connectivity index (χ1) is 8.33. The third-order valence-electron chi connectivity index (χ3n) is 5.04. The smallest absolute Gasteiger partial charge is 0.139 e. The first-order valence-corrected chi connectivity index (χ1v) is 7.13. The molecular weight excluding hydrogens is 208 g/mol. The molecule has 0 heterocycles. The second kappa shape index (κ2) is 5.54. The van der Waals surface area contributed by atoms with Gasteiger partial charge in [0.1, 0.15) is 5.92 Å². The van der Waals surface area contributed by atoms with Crippen molar-refractivity contribution in [3.05, 3.63) is 0 Å². The van der Waals surface area contributed by atoms with Crippen LogP contribution in [0.25, 0.3) is 0 Å². The molecule has 0 aromatic heterocycles. The highest BCUT2D eigenvalue weighted by atomic mass is 14.5. The van der Waals surface area contributed by atoms with Crippen LogP contribution in [0.4, 0.5) is 0 Å². The summed E-state index contributed by atoms with van der Waals surface area (Å²) in [7, 11) is 0. The number of nitriles is 2. The van der Waals surface area contributed by atoms with Gasteiger partial charge in [-0.2, -0.15) is 10.5 Å². The SMILES string of the molecule is N#CC(C#N)C1(C2CCCC2)CCCCCC1. The predicted molar refractivity (Wildman–Crippen MR) is 66.8 cm³/mol. The van der Waals surface area contributed by atoms with Crippen molar-refractivity contribution in [2.75, 3.05) is 0 Å². The van der Waals surface area contributed by atoms with Gasteiger partial charge in [-0.3, -0.25) is 0 Å². The number of nitrogens with zero attached hydrogens (tertiary/aromatic N) is 2. The van der Waals surface area contributed by atoms with Crippen molar-refractivity contribution in [3.63, 3.8) is 0 Å². The lowest BCUT2D eigenvalue weighted by atomic mass is 9.62. The standard InChI is InChI=1S/C15H22N2/c16-11-14(12-17)15(13-7-3-4-8-13)9-5-1-2-6-10-15/h13-14H,1-10H2. The van der Waals surface area contributed by atoms with Gasteiger partial charge in [-0.15, -0.1) is 0 Å². The third-order valence-corrected chi connectivity index (χ3v) is 5.04. The van der Waals surface area contributed by atoms with Gasteiger partial charge in [-0.25, -0.2) is 0 Å². The highest BCUT2D eigenvalue weighted by molar-refractivity contribution is 5.12. The quantitative estimate of drug-likeness (QED) is 0.668. The van der Waals surface area contributed by atoms with E-state index < -0.39 is 0 Å². The van der Waals surface area contributed by atoms with Gasteiger partial charge < -0.3 is 0 Å². The second-order valence-electron chi connectivity index (χ2n) is 5.82. The van der Waals surface area contributed by atoms with E-state index in [2.05, 4.69) is 12.1 Å². The van der Waals surface area contributed by atoms with Gasteiger partial charge in [0.05, 0.1) is 12.1 Å². The fourth-order valence-corrected chi connectivity index (χ4v) is 4.11. The van der Waals surface area contributed by atoms with Gasteiger partial charge in [-0.1, -0.05) is 38.5 Å². The normalized spacial score (nSPS) is 25.1. The number of rotatable bonds is 2. The molecule has 2 saturated carbocycles. The summed E-state index contributed by atoms with van der Waals surface area (Å²) in [6, 6.07) is 4.61. The molecule has 0 unspecified atom stereocenters. The molecule has 0 aromatic carbocycles. The summed E-state index contributed by atoms with van der Waals surface area (Å²) in [6.07, 6.45) is 12.3. The van der Waals surface area contributed by atoms with Crippen molar-refractivity contribution < 1.29 is 0 Å². The van der Waals surface area contributed by atoms with Crippen LogP contribution in [0.15, 0.2) is 0 Å². The predicted octanol–water partition coefficient (Wildman–Crippen LogP) is 4.18. The van der Waals surface area contributed by atoms with Gasteiger partial charge in [-0.05, 0) is 31.6 Å². The van der Waals surface area contributed by atoms with Crippen molar-refractivity contribution in [3.8, 4) is 12.1 Å². The Kier molecular flexibility index (Phi) is 4.06. The fraction of sp³-hybridized carbons (Fsp3) is 0.867. The minimum atomic E-state index is -0.372. The van der Waals surface area contributed by atoms with Crippen LogP contribution < -0.4 is 0 Å². The molecule has 0 saturated heterocycles. The van der Waals surface area contributed by atoms with Crippen molar-refractivity contribution in [1.29, 1.82) is 10.5 Å². The zero-order chi connectivity index (χ0) is 12.1. The Morgan fingerprint density at radius 1 is 0.824 bits per heavy atom. The Morgan fingerprint density at radius 3 is 1.82 bits per heavy atom. The maximum Gasteiger partial charge on any atom is 0.139 e. The number of hydrogen-bond acceptors (Lipinski definition) is 2. The van der Waals surface area contributed by atoms with E-state index >= 15 is 0 Å². The molecule has 2 aliphatic rings. The first-order valence-electron chi connectivity index (χ1n) is 7.13. The van der Waals surface area contributed by atoms with E-state index in [0.717, 1.165) is 12.8 Å². The van der Waals surface area contributed by atoms with Crippen LogP contribution in [0.5, 0.6) is 0 Å². The van der Waals surface area contributed by atoms with Gasteiger partial charge in [0.25, 0.3) is 0 Å². The van der Waals surface area contributed by atoms with Crippen LogP contribution in [-0.4, -0.2) is 0 Å². The molecule has 2 rings (SSSR count). The van der Waals surface area contributed by atoms with Gasteiger partial charge in [0.15, 0.2) is 0 Å². The molecule has 2 heteroatoms. The summed E-state index contributed by atoms with van der Waals surface area (Å²) >= 11 is 0. The lowest BCUT2D eigenvalue weighted by Crippen LogP contribution is -2.35. The molecular formula is C15H22N2. The lowest BCUT2D eigenvalue weighted by Gasteiger charge is -2.39. The Morgan fingerprint density at radius 2 is 1.35 bits per heavy atom. The first kappa shape index (κ1) is 12.4. The van der Waals surface area contributed by atoms with Crippen LogP contribution in [0.2, 0.25) is 0 Å². The molecule has 0 bridgehead atoms. The molecule has 92 valence electrons. The van der Waals surface area contributed by atoms with Crippen LogP contribution >= 0.6 is 0 Å². The van der Waals surface area contributed by atoms with E-state index in [1.165, 1.54) is 51.4 Å². The molecule has 2 aliphatic carbocycles. The molecule has 0 N–H and O–H groups in total. The maximum absolute atomic E-state index is 9.32. The van der Waals surface area contributed by atoms with E-state index in [4.69, 9.17) is 0 Å². The highest BCUT2D eigenvalue weighted by Crippen LogP contribution is 2.52. The Hall–Kier alpha value is -1.02. The summed E-state index contributed by atoms with van der Waals surface area (Å²) in [5.74, 6) is 0.272. The zero-order valence-electron chi connectivity index (χ0n) is 10.6. The van der Waals surface area contributed by atoms with Crippen molar-refractivity contribution in [2.45, 2.75) is 64.2 Å². The van der Waals surface area contributed by atoms with E-state index in [9.17, 15) is 10.5 Å². The minimum Gasteiger partial charge on any atom is -0.197 e.